The molecule has 2 aliphatic heterocycles. The van der Waals surface area contributed by atoms with E-state index in [9.17, 15) is 4.79 Å². The van der Waals surface area contributed by atoms with E-state index in [1.807, 2.05) is 6.92 Å². The molecule has 0 bridgehead atoms. The van der Waals surface area contributed by atoms with Crippen molar-refractivity contribution < 1.29 is 9.32 Å². The van der Waals surface area contributed by atoms with E-state index in [4.69, 9.17) is 4.52 Å². The fourth-order valence-electron chi connectivity index (χ4n) is 5.09. The highest BCUT2D eigenvalue weighted by atomic mass is 16.5. The summed E-state index contributed by atoms with van der Waals surface area (Å²) in [7, 11) is 0. The summed E-state index contributed by atoms with van der Waals surface area (Å²) in [6, 6.07) is 0.745. The zero-order chi connectivity index (χ0) is 17.9. The molecule has 0 aromatic carbocycles. The monoisotopic (exact) mass is 360 g/mol. The van der Waals surface area contributed by atoms with Gasteiger partial charge in [-0.25, -0.2) is 0 Å². The van der Waals surface area contributed by atoms with Gasteiger partial charge in [0.1, 0.15) is 0 Å². The molecular formula is C20H32N4O2. The minimum absolute atomic E-state index is 0.222. The molecule has 6 heteroatoms. The van der Waals surface area contributed by atoms with Crippen LogP contribution in [0.3, 0.4) is 0 Å². The zero-order valence-electron chi connectivity index (χ0n) is 16.0. The molecule has 0 N–H and O–H groups in total. The maximum atomic E-state index is 13.0. The Balaban J connectivity index is 1.26. The third kappa shape index (κ3) is 4.11. The first kappa shape index (κ1) is 18.0. The minimum Gasteiger partial charge on any atom is -0.342 e. The summed E-state index contributed by atoms with van der Waals surface area (Å²) in [5, 5.41) is 3.87. The first-order valence-electron chi connectivity index (χ1n) is 10.5. The van der Waals surface area contributed by atoms with Crippen LogP contribution in [-0.2, 0) is 11.2 Å². The van der Waals surface area contributed by atoms with Crippen LogP contribution in [0.15, 0.2) is 4.52 Å². The van der Waals surface area contributed by atoms with Gasteiger partial charge in [-0.05, 0) is 57.9 Å². The van der Waals surface area contributed by atoms with Crippen molar-refractivity contribution in [1.29, 1.82) is 0 Å². The van der Waals surface area contributed by atoms with Crippen molar-refractivity contribution in [2.24, 2.45) is 11.8 Å². The number of nitrogens with zero attached hydrogens (tertiary/aromatic N) is 4. The Morgan fingerprint density at radius 2 is 1.85 bits per heavy atom. The van der Waals surface area contributed by atoms with Gasteiger partial charge in [-0.3, -0.25) is 9.69 Å². The van der Waals surface area contributed by atoms with Crippen LogP contribution in [0, 0.1) is 18.8 Å². The second kappa shape index (κ2) is 8.07. The van der Waals surface area contributed by atoms with Crippen LogP contribution < -0.4 is 0 Å². The van der Waals surface area contributed by atoms with Gasteiger partial charge >= 0.3 is 0 Å². The Kier molecular flexibility index (Phi) is 5.57. The van der Waals surface area contributed by atoms with Gasteiger partial charge in [-0.1, -0.05) is 18.0 Å². The molecule has 0 radical (unpaired) electrons. The van der Waals surface area contributed by atoms with Gasteiger partial charge in [0.2, 0.25) is 11.8 Å². The number of likely N-dealkylation sites (tertiary alicyclic amines) is 2. The third-order valence-electron chi connectivity index (χ3n) is 6.60. The summed E-state index contributed by atoms with van der Waals surface area (Å²) in [5.74, 6) is 2.63. The molecule has 1 saturated carbocycles. The van der Waals surface area contributed by atoms with E-state index in [1.165, 1.54) is 38.6 Å². The molecule has 3 heterocycles. The maximum Gasteiger partial charge on any atom is 0.226 e. The second-order valence-electron chi connectivity index (χ2n) is 8.48. The number of aryl methyl sites for hydroxylation is 1. The average molecular weight is 361 g/mol. The lowest BCUT2D eigenvalue weighted by molar-refractivity contribution is -0.139. The molecule has 6 nitrogen and oxygen atoms in total. The first-order valence-corrected chi connectivity index (χ1v) is 10.5. The molecule has 1 aromatic heterocycles. The Hall–Kier alpha value is -1.43. The Bertz CT molecular complexity index is 603. The fraction of sp³-hybridized carbons (Fsp3) is 0.850. The summed E-state index contributed by atoms with van der Waals surface area (Å²) in [5.41, 5.74) is 0. The molecule has 144 valence electrons. The van der Waals surface area contributed by atoms with E-state index in [0.717, 1.165) is 57.3 Å². The topological polar surface area (TPSA) is 62.5 Å². The van der Waals surface area contributed by atoms with Crippen LogP contribution in [0.5, 0.6) is 0 Å². The Labute approximate surface area is 156 Å². The molecule has 1 aromatic rings. The van der Waals surface area contributed by atoms with Crippen molar-refractivity contribution in [2.75, 3.05) is 26.2 Å². The molecule has 0 spiro atoms. The second-order valence-corrected chi connectivity index (χ2v) is 8.48. The predicted molar refractivity (Wildman–Crippen MR) is 98.6 cm³/mol. The van der Waals surface area contributed by atoms with Crippen LogP contribution in [0.25, 0.3) is 0 Å². The molecule has 1 aliphatic carbocycles. The predicted octanol–water partition coefficient (Wildman–Crippen LogP) is 2.81. The van der Waals surface area contributed by atoms with Gasteiger partial charge in [-0.15, -0.1) is 0 Å². The van der Waals surface area contributed by atoms with Crippen LogP contribution in [0.2, 0.25) is 0 Å². The zero-order valence-corrected chi connectivity index (χ0v) is 16.0. The fourth-order valence-corrected chi connectivity index (χ4v) is 5.09. The van der Waals surface area contributed by atoms with Crippen molar-refractivity contribution in [1.82, 2.24) is 19.9 Å². The van der Waals surface area contributed by atoms with Gasteiger partial charge in [-0.2, -0.15) is 4.98 Å². The van der Waals surface area contributed by atoms with Gasteiger partial charge < -0.3 is 9.42 Å². The first-order chi connectivity index (χ1) is 12.7. The molecule has 1 atom stereocenters. The minimum atomic E-state index is 0.222. The van der Waals surface area contributed by atoms with E-state index in [0.29, 0.717) is 17.6 Å². The standard InChI is InChI=1S/C20H32N4O2/c1-15-21-19(26-22-15)13-16-8-11-23(12-9-16)20(25)17-5-4-10-24(14-17)18-6-2-3-7-18/h16-18H,2-14H2,1H3. The molecule has 1 amide bonds. The average Bonchev–Trinajstić information content (AvgIpc) is 3.34. The lowest BCUT2D eigenvalue weighted by atomic mass is 9.90. The van der Waals surface area contributed by atoms with Crippen LogP contribution >= 0.6 is 0 Å². The number of piperidine rings is 2. The van der Waals surface area contributed by atoms with E-state index in [1.54, 1.807) is 0 Å². The molecule has 4 rings (SSSR count). The summed E-state index contributed by atoms with van der Waals surface area (Å²) >= 11 is 0. The highest BCUT2D eigenvalue weighted by molar-refractivity contribution is 5.79. The number of carbonyl (C=O) groups is 1. The number of carbonyl (C=O) groups excluding carboxylic acids is 1. The van der Waals surface area contributed by atoms with Crippen LogP contribution in [-0.4, -0.2) is 58.1 Å². The van der Waals surface area contributed by atoms with E-state index < -0.39 is 0 Å². The summed E-state index contributed by atoms with van der Waals surface area (Å²) in [6.45, 7) is 5.81. The third-order valence-corrected chi connectivity index (χ3v) is 6.60. The number of amides is 1. The number of hydrogen-bond acceptors (Lipinski definition) is 5. The van der Waals surface area contributed by atoms with Gasteiger partial charge in [0.25, 0.3) is 0 Å². The van der Waals surface area contributed by atoms with Crippen molar-refractivity contribution in [2.45, 2.75) is 70.8 Å². The molecule has 2 saturated heterocycles. The SMILES string of the molecule is Cc1noc(CC2CCN(C(=O)C3CCCN(C4CCCC4)C3)CC2)n1. The van der Waals surface area contributed by atoms with Crippen molar-refractivity contribution in [3.63, 3.8) is 0 Å². The quantitative estimate of drug-likeness (QED) is 0.826. The highest BCUT2D eigenvalue weighted by Crippen LogP contribution is 2.29. The smallest absolute Gasteiger partial charge is 0.226 e. The van der Waals surface area contributed by atoms with E-state index in [-0.39, 0.29) is 5.92 Å². The Morgan fingerprint density at radius 1 is 1.08 bits per heavy atom. The van der Waals surface area contributed by atoms with Crippen LogP contribution in [0.1, 0.15) is 63.1 Å². The summed E-state index contributed by atoms with van der Waals surface area (Å²) in [6.07, 6.45) is 10.6. The molecule has 1 unspecified atom stereocenters. The maximum absolute atomic E-state index is 13.0. The van der Waals surface area contributed by atoms with E-state index in [2.05, 4.69) is 19.9 Å². The van der Waals surface area contributed by atoms with Crippen LogP contribution in [0.4, 0.5) is 0 Å². The van der Waals surface area contributed by atoms with Gasteiger partial charge in [0.05, 0.1) is 5.92 Å². The molecule has 3 fully saturated rings. The van der Waals surface area contributed by atoms with E-state index >= 15 is 0 Å². The highest BCUT2D eigenvalue weighted by Gasteiger charge is 2.34. The largest absolute Gasteiger partial charge is 0.342 e. The number of rotatable bonds is 4. The number of hydrogen-bond donors (Lipinski definition) is 0. The lowest BCUT2D eigenvalue weighted by Gasteiger charge is -2.39. The number of aromatic nitrogens is 2. The molecule has 26 heavy (non-hydrogen) atoms. The normalized spacial score (nSPS) is 26.5. The Morgan fingerprint density at radius 3 is 2.54 bits per heavy atom. The summed E-state index contributed by atoms with van der Waals surface area (Å²) in [4.78, 5) is 22.1. The van der Waals surface area contributed by atoms with Crippen molar-refractivity contribution >= 4 is 5.91 Å². The van der Waals surface area contributed by atoms with Crippen molar-refractivity contribution in [3.8, 4) is 0 Å². The lowest BCUT2D eigenvalue weighted by Crippen LogP contribution is -2.49. The summed E-state index contributed by atoms with van der Waals surface area (Å²) < 4.78 is 5.25. The molecular weight excluding hydrogens is 328 g/mol. The van der Waals surface area contributed by atoms with Gasteiger partial charge in [0, 0.05) is 32.1 Å². The molecule has 3 aliphatic rings. The van der Waals surface area contributed by atoms with Gasteiger partial charge in [0.15, 0.2) is 5.82 Å². The van der Waals surface area contributed by atoms with Crippen molar-refractivity contribution in [3.05, 3.63) is 11.7 Å².